The van der Waals surface area contributed by atoms with Gasteiger partial charge in [0.15, 0.2) is 0 Å². The van der Waals surface area contributed by atoms with Crippen LogP contribution in [-0.2, 0) is 0 Å². The lowest BCUT2D eigenvalue weighted by atomic mass is 9.97. The molecule has 0 radical (unpaired) electrons. The Bertz CT molecular complexity index is 128. The molecule has 1 aliphatic rings. The lowest BCUT2D eigenvalue weighted by Gasteiger charge is -2.19. The molecule has 0 spiro atoms. The van der Waals surface area contributed by atoms with E-state index in [1.165, 1.54) is 0 Å². The van der Waals surface area contributed by atoms with Crippen molar-refractivity contribution in [3.05, 3.63) is 0 Å². The van der Waals surface area contributed by atoms with Crippen LogP contribution in [0.5, 0.6) is 0 Å². The van der Waals surface area contributed by atoms with Gasteiger partial charge >= 0.3 is 0 Å². The van der Waals surface area contributed by atoms with Crippen LogP contribution in [0.2, 0.25) is 0 Å². The minimum Gasteiger partial charge on any atom is -0.313 e. The summed E-state index contributed by atoms with van der Waals surface area (Å²) in [5.41, 5.74) is -0.573. The molecule has 1 N–H and O–H groups in total. The van der Waals surface area contributed by atoms with Crippen molar-refractivity contribution >= 4 is 0 Å². The number of alkyl halides is 1. The smallest absolute Gasteiger partial charge is 0.123 e. The van der Waals surface area contributed by atoms with Gasteiger partial charge in [0.1, 0.15) is 5.67 Å². The Morgan fingerprint density at radius 1 is 1.36 bits per heavy atom. The van der Waals surface area contributed by atoms with Gasteiger partial charge in [0.2, 0.25) is 0 Å². The molecular weight excluding hydrogens is 141 g/mol. The summed E-state index contributed by atoms with van der Waals surface area (Å²) in [7, 11) is 0. The van der Waals surface area contributed by atoms with Crippen LogP contribution in [0.1, 0.15) is 33.6 Å². The Kier molecular flexibility index (Phi) is 2.24. The molecule has 0 aliphatic heterocycles. The normalized spacial score (nSPS) is 21.8. The highest BCUT2D eigenvalue weighted by Crippen LogP contribution is 2.38. The molecule has 0 amide bonds. The van der Waals surface area contributed by atoms with Crippen LogP contribution in [0.15, 0.2) is 0 Å². The molecule has 1 rings (SSSR count). The molecular formula is C9H18FN. The van der Waals surface area contributed by atoms with E-state index in [-0.39, 0.29) is 5.41 Å². The number of nitrogens with one attached hydrogen (secondary N) is 1. The van der Waals surface area contributed by atoms with Crippen LogP contribution in [0.25, 0.3) is 0 Å². The number of hydrogen-bond donors (Lipinski definition) is 1. The van der Waals surface area contributed by atoms with E-state index in [0.717, 1.165) is 19.4 Å². The first-order valence-electron chi connectivity index (χ1n) is 4.31. The van der Waals surface area contributed by atoms with Crippen molar-refractivity contribution in [3.8, 4) is 0 Å². The Hall–Kier alpha value is -0.110. The standard InChI is InChI=1S/C9H18FN/c1-8(2,3)6-11-7-9(10)4-5-9/h11H,4-7H2,1-3H3. The maximum Gasteiger partial charge on any atom is 0.123 e. The zero-order chi connectivity index (χ0) is 8.54. The molecule has 0 bridgehead atoms. The third-order valence-corrected chi connectivity index (χ3v) is 1.89. The number of halogens is 1. The summed E-state index contributed by atoms with van der Waals surface area (Å²) in [5.74, 6) is 0. The van der Waals surface area contributed by atoms with E-state index < -0.39 is 5.67 Å². The van der Waals surface area contributed by atoms with E-state index >= 15 is 0 Å². The average molecular weight is 159 g/mol. The Labute approximate surface area is 68.4 Å². The fourth-order valence-electron chi connectivity index (χ4n) is 0.974. The SMILES string of the molecule is CC(C)(C)CNCC1(F)CC1. The van der Waals surface area contributed by atoms with Crippen LogP contribution >= 0.6 is 0 Å². The lowest BCUT2D eigenvalue weighted by molar-refractivity contribution is 0.276. The van der Waals surface area contributed by atoms with Gasteiger partial charge < -0.3 is 5.32 Å². The van der Waals surface area contributed by atoms with E-state index in [2.05, 4.69) is 26.1 Å². The molecule has 0 heterocycles. The highest BCUT2D eigenvalue weighted by Gasteiger charge is 2.42. The summed E-state index contributed by atoms with van der Waals surface area (Å²) in [4.78, 5) is 0. The van der Waals surface area contributed by atoms with Gasteiger partial charge in [-0.2, -0.15) is 0 Å². The molecule has 1 fully saturated rings. The minimum atomic E-state index is -0.842. The number of hydrogen-bond acceptors (Lipinski definition) is 1. The van der Waals surface area contributed by atoms with Crippen molar-refractivity contribution in [1.29, 1.82) is 0 Å². The molecule has 0 aromatic rings. The minimum absolute atomic E-state index is 0.269. The fraction of sp³-hybridized carbons (Fsp3) is 1.00. The molecule has 1 saturated carbocycles. The molecule has 0 aromatic heterocycles. The summed E-state index contributed by atoms with van der Waals surface area (Å²) >= 11 is 0. The third-order valence-electron chi connectivity index (χ3n) is 1.89. The van der Waals surface area contributed by atoms with Gasteiger partial charge in [-0.1, -0.05) is 20.8 Å². The summed E-state index contributed by atoms with van der Waals surface area (Å²) < 4.78 is 13.0. The molecule has 0 saturated heterocycles. The van der Waals surface area contributed by atoms with Gasteiger partial charge in [0.05, 0.1) is 0 Å². The third kappa shape index (κ3) is 3.71. The highest BCUT2D eigenvalue weighted by molar-refractivity contribution is 4.96. The zero-order valence-corrected chi connectivity index (χ0v) is 7.71. The second-order valence-electron chi connectivity index (χ2n) is 4.82. The van der Waals surface area contributed by atoms with Crippen molar-refractivity contribution in [3.63, 3.8) is 0 Å². The molecule has 0 atom stereocenters. The zero-order valence-electron chi connectivity index (χ0n) is 7.71. The Morgan fingerprint density at radius 2 is 1.91 bits per heavy atom. The first kappa shape index (κ1) is 8.98. The van der Waals surface area contributed by atoms with Crippen LogP contribution in [0.3, 0.4) is 0 Å². The maximum absolute atomic E-state index is 13.0. The topological polar surface area (TPSA) is 12.0 Å². The molecule has 66 valence electrons. The summed E-state index contributed by atoms with van der Waals surface area (Å²) in [6, 6.07) is 0. The van der Waals surface area contributed by atoms with Crippen LogP contribution in [-0.4, -0.2) is 18.8 Å². The van der Waals surface area contributed by atoms with Crippen molar-refractivity contribution in [2.24, 2.45) is 5.41 Å². The Morgan fingerprint density at radius 3 is 2.27 bits per heavy atom. The van der Waals surface area contributed by atoms with E-state index in [9.17, 15) is 4.39 Å². The average Bonchev–Trinajstić information content (AvgIpc) is 2.44. The highest BCUT2D eigenvalue weighted by atomic mass is 19.1. The van der Waals surface area contributed by atoms with Crippen molar-refractivity contribution < 1.29 is 4.39 Å². The fourth-order valence-corrected chi connectivity index (χ4v) is 0.974. The van der Waals surface area contributed by atoms with E-state index in [4.69, 9.17) is 0 Å². The second-order valence-corrected chi connectivity index (χ2v) is 4.82. The van der Waals surface area contributed by atoms with Crippen molar-refractivity contribution in [2.75, 3.05) is 13.1 Å². The first-order valence-corrected chi connectivity index (χ1v) is 4.31. The van der Waals surface area contributed by atoms with Crippen LogP contribution < -0.4 is 5.32 Å². The number of rotatable bonds is 3. The molecule has 1 aliphatic carbocycles. The maximum atomic E-state index is 13.0. The Balaban J connectivity index is 2.05. The van der Waals surface area contributed by atoms with Crippen molar-refractivity contribution in [1.82, 2.24) is 5.32 Å². The molecule has 0 aromatic carbocycles. The summed E-state index contributed by atoms with van der Waals surface area (Å²) in [5, 5.41) is 3.15. The summed E-state index contributed by atoms with van der Waals surface area (Å²) in [6.07, 6.45) is 1.51. The first-order chi connectivity index (χ1) is 4.91. The van der Waals surface area contributed by atoms with Crippen LogP contribution in [0, 0.1) is 5.41 Å². The predicted octanol–water partition coefficient (Wildman–Crippen LogP) is 2.12. The molecule has 0 unspecified atom stereocenters. The van der Waals surface area contributed by atoms with Crippen LogP contribution in [0.4, 0.5) is 4.39 Å². The molecule has 2 heteroatoms. The van der Waals surface area contributed by atoms with Gasteiger partial charge in [-0.25, -0.2) is 4.39 Å². The molecule has 1 nitrogen and oxygen atoms in total. The van der Waals surface area contributed by atoms with E-state index in [0.29, 0.717) is 6.54 Å². The molecule has 11 heavy (non-hydrogen) atoms. The van der Waals surface area contributed by atoms with Gasteiger partial charge in [0, 0.05) is 13.1 Å². The largest absolute Gasteiger partial charge is 0.313 e. The predicted molar refractivity (Wildman–Crippen MR) is 45.4 cm³/mol. The lowest BCUT2D eigenvalue weighted by Crippen LogP contribution is -2.32. The second kappa shape index (κ2) is 2.74. The quantitative estimate of drug-likeness (QED) is 0.665. The van der Waals surface area contributed by atoms with Crippen molar-refractivity contribution in [2.45, 2.75) is 39.3 Å². The van der Waals surface area contributed by atoms with E-state index in [1.807, 2.05) is 0 Å². The summed E-state index contributed by atoms with van der Waals surface area (Å²) in [6.45, 7) is 7.90. The van der Waals surface area contributed by atoms with Gasteiger partial charge in [-0.3, -0.25) is 0 Å². The van der Waals surface area contributed by atoms with E-state index in [1.54, 1.807) is 0 Å². The van der Waals surface area contributed by atoms with Gasteiger partial charge in [-0.15, -0.1) is 0 Å². The monoisotopic (exact) mass is 159 g/mol. The van der Waals surface area contributed by atoms with Gasteiger partial charge in [0.25, 0.3) is 0 Å². The van der Waals surface area contributed by atoms with Gasteiger partial charge in [-0.05, 0) is 18.3 Å².